The summed E-state index contributed by atoms with van der Waals surface area (Å²) in [7, 11) is 0. The van der Waals surface area contributed by atoms with E-state index in [9.17, 15) is 9.59 Å². The van der Waals surface area contributed by atoms with Gasteiger partial charge >= 0.3 is 0 Å². The van der Waals surface area contributed by atoms with E-state index in [1.165, 1.54) is 35.6 Å². The van der Waals surface area contributed by atoms with Crippen molar-refractivity contribution in [3.63, 3.8) is 0 Å². The fourth-order valence-corrected chi connectivity index (χ4v) is 4.64. The van der Waals surface area contributed by atoms with Gasteiger partial charge in [0.25, 0.3) is 5.56 Å². The molecule has 0 saturated carbocycles. The number of benzene rings is 1. The molecule has 2 N–H and O–H groups in total. The van der Waals surface area contributed by atoms with Crippen molar-refractivity contribution in [3.8, 4) is 11.4 Å². The van der Waals surface area contributed by atoms with Crippen LogP contribution < -0.4 is 5.56 Å². The number of nitrogens with zero attached hydrogens (tertiary/aromatic N) is 3. The molecule has 0 fully saturated rings. The molecular weight excluding hydrogens is 394 g/mol. The lowest BCUT2D eigenvalue weighted by Gasteiger charge is -1.99. The largest absolute Gasteiger partial charge is 0.309 e. The van der Waals surface area contributed by atoms with E-state index < -0.39 is 0 Å². The second kappa shape index (κ2) is 7.33. The van der Waals surface area contributed by atoms with Gasteiger partial charge in [-0.15, -0.1) is 16.4 Å². The van der Waals surface area contributed by atoms with E-state index in [1.807, 2.05) is 31.2 Å². The van der Waals surface area contributed by atoms with Crippen molar-refractivity contribution in [1.82, 2.24) is 25.1 Å². The first-order valence-electron chi connectivity index (χ1n) is 8.58. The monoisotopic (exact) mass is 411 g/mol. The van der Waals surface area contributed by atoms with Crippen molar-refractivity contribution in [1.29, 1.82) is 0 Å². The Bertz CT molecular complexity index is 1240. The normalized spacial score (nSPS) is 11.2. The van der Waals surface area contributed by atoms with Crippen LogP contribution in [0.5, 0.6) is 0 Å². The number of thioether (sulfide) groups is 1. The highest BCUT2D eigenvalue weighted by Gasteiger charge is 2.17. The topological polar surface area (TPSA) is 104 Å². The lowest BCUT2D eigenvalue weighted by molar-refractivity contribution is 0.102. The molecule has 4 aromatic rings. The second-order valence-electron chi connectivity index (χ2n) is 6.43. The van der Waals surface area contributed by atoms with E-state index in [4.69, 9.17) is 0 Å². The number of aryl methyl sites for hydroxylation is 2. The molecule has 4 rings (SSSR count). The molecule has 0 saturated heterocycles. The zero-order valence-corrected chi connectivity index (χ0v) is 17.1. The van der Waals surface area contributed by atoms with Gasteiger partial charge in [-0.3, -0.25) is 14.7 Å². The molecule has 28 heavy (non-hydrogen) atoms. The molecule has 0 bridgehead atoms. The van der Waals surface area contributed by atoms with Crippen LogP contribution in [0.3, 0.4) is 0 Å². The molecule has 0 aliphatic heterocycles. The van der Waals surface area contributed by atoms with E-state index in [1.54, 1.807) is 6.92 Å². The SMILES string of the molecule is CC(=O)c1sc2nc(CSc3n[nH]c(-c4ccc(C)cc4)n3)[nH]c(=O)c2c1C. The third-order valence-electron chi connectivity index (χ3n) is 4.30. The number of aromatic amines is 2. The Morgan fingerprint density at radius 3 is 2.64 bits per heavy atom. The zero-order chi connectivity index (χ0) is 19.8. The number of ketones is 1. The molecule has 0 radical (unpaired) electrons. The van der Waals surface area contributed by atoms with Crippen LogP contribution in [0, 0.1) is 13.8 Å². The van der Waals surface area contributed by atoms with Gasteiger partial charge in [-0.05, 0) is 26.3 Å². The molecular formula is C19H17N5O2S2. The Labute approximate surface area is 168 Å². The number of fused-ring (bicyclic) bond motifs is 1. The number of hydrogen-bond donors (Lipinski definition) is 2. The lowest BCUT2D eigenvalue weighted by atomic mass is 10.1. The molecule has 0 unspecified atom stereocenters. The first kappa shape index (κ1) is 18.6. The first-order chi connectivity index (χ1) is 13.4. The first-order valence-corrected chi connectivity index (χ1v) is 10.4. The van der Waals surface area contributed by atoms with Crippen LogP contribution in [0.2, 0.25) is 0 Å². The van der Waals surface area contributed by atoms with Crippen LogP contribution >= 0.6 is 23.1 Å². The third-order valence-corrected chi connectivity index (χ3v) is 6.44. The molecule has 142 valence electrons. The number of aromatic nitrogens is 5. The maximum absolute atomic E-state index is 12.4. The molecule has 0 aliphatic rings. The minimum atomic E-state index is -0.225. The fourth-order valence-electron chi connectivity index (χ4n) is 2.88. The highest BCUT2D eigenvalue weighted by Crippen LogP contribution is 2.28. The molecule has 0 aliphatic carbocycles. The van der Waals surface area contributed by atoms with Crippen LogP contribution in [0.4, 0.5) is 0 Å². The van der Waals surface area contributed by atoms with Gasteiger partial charge in [0.15, 0.2) is 11.6 Å². The van der Waals surface area contributed by atoms with Gasteiger partial charge in [0.05, 0.1) is 16.0 Å². The minimum Gasteiger partial charge on any atom is -0.309 e. The van der Waals surface area contributed by atoms with Crippen LogP contribution in [0.1, 0.15) is 33.5 Å². The van der Waals surface area contributed by atoms with E-state index in [0.29, 0.717) is 43.2 Å². The Kier molecular flexibility index (Phi) is 4.86. The van der Waals surface area contributed by atoms with E-state index in [-0.39, 0.29) is 11.3 Å². The van der Waals surface area contributed by atoms with Gasteiger partial charge in [-0.1, -0.05) is 41.6 Å². The number of carbonyl (C=O) groups is 1. The predicted octanol–water partition coefficient (Wildman–Crippen LogP) is 3.88. The molecule has 3 heterocycles. The summed E-state index contributed by atoms with van der Waals surface area (Å²) < 4.78 is 0. The van der Waals surface area contributed by atoms with Gasteiger partial charge in [-0.25, -0.2) is 9.97 Å². The third kappa shape index (κ3) is 3.50. The van der Waals surface area contributed by atoms with Crippen LogP contribution in [-0.2, 0) is 5.75 Å². The van der Waals surface area contributed by atoms with Crippen molar-refractivity contribution in [2.75, 3.05) is 0 Å². The van der Waals surface area contributed by atoms with E-state index >= 15 is 0 Å². The van der Waals surface area contributed by atoms with Gasteiger partial charge in [-0.2, -0.15) is 0 Å². The molecule has 7 nitrogen and oxygen atoms in total. The molecule has 9 heteroatoms. The lowest BCUT2D eigenvalue weighted by Crippen LogP contribution is -2.11. The van der Waals surface area contributed by atoms with Crippen molar-refractivity contribution < 1.29 is 4.79 Å². The summed E-state index contributed by atoms with van der Waals surface area (Å²) in [6, 6.07) is 8.02. The average Bonchev–Trinajstić information content (AvgIpc) is 3.26. The summed E-state index contributed by atoms with van der Waals surface area (Å²) in [5.41, 5.74) is 2.61. The molecule has 0 spiro atoms. The van der Waals surface area contributed by atoms with E-state index in [2.05, 4.69) is 25.1 Å². The van der Waals surface area contributed by atoms with Gasteiger partial charge in [0.2, 0.25) is 5.16 Å². The Balaban J connectivity index is 1.55. The van der Waals surface area contributed by atoms with Crippen molar-refractivity contribution in [3.05, 3.63) is 56.4 Å². The van der Waals surface area contributed by atoms with Crippen LogP contribution in [-0.4, -0.2) is 30.9 Å². The number of Topliss-reactive ketones (excluding diaryl/α,β-unsaturated/α-hetero) is 1. The van der Waals surface area contributed by atoms with Gasteiger partial charge < -0.3 is 4.98 Å². The van der Waals surface area contributed by atoms with Gasteiger partial charge in [0.1, 0.15) is 10.7 Å². The van der Waals surface area contributed by atoms with Crippen LogP contribution in [0.25, 0.3) is 21.6 Å². The summed E-state index contributed by atoms with van der Waals surface area (Å²) in [5.74, 6) is 1.59. The maximum Gasteiger partial charge on any atom is 0.259 e. The number of thiophene rings is 1. The smallest absolute Gasteiger partial charge is 0.259 e. The number of hydrogen-bond acceptors (Lipinski definition) is 7. The second-order valence-corrected chi connectivity index (χ2v) is 8.37. The van der Waals surface area contributed by atoms with Gasteiger partial charge in [0, 0.05) is 5.56 Å². The Morgan fingerprint density at radius 2 is 1.93 bits per heavy atom. The van der Waals surface area contributed by atoms with Crippen molar-refractivity contribution >= 4 is 39.1 Å². The zero-order valence-electron chi connectivity index (χ0n) is 15.5. The molecule has 1 aromatic carbocycles. The molecule has 3 aromatic heterocycles. The highest BCUT2D eigenvalue weighted by atomic mass is 32.2. The number of carbonyl (C=O) groups excluding carboxylic acids is 1. The Hall–Kier alpha value is -2.78. The van der Waals surface area contributed by atoms with E-state index in [0.717, 1.165) is 5.56 Å². The summed E-state index contributed by atoms with van der Waals surface area (Å²) in [4.78, 5) is 37.1. The quantitative estimate of drug-likeness (QED) is 0.381. The van der Waals surface area contributed by atoms with Crippen molar-refractivity contribution in [2.24, 2.45) is 0 Å². The summed E-state index contributed by atoms with van der Waals surface area (Å²) in [5, 5.41) is 8.22. The summed E-state index contributed by atoms with van der Waals surface area (Å²) in [6.45, 7) is 5.31. The number of rotatable bonds is 5. The minimum absolute atomic E-state index is 0.0554. The average molecular weight is 412 g/mol. The summed E-state index contributed by atoms with van der Waals surface area (Å²) >= 11 is 2.64. The van der Waals surface area contributed by atoms with Crippen molar-refractivity contribution in [2.45, 2.75) is 31.7 Å². The standard InChI is InChI=1S/C19H17N5O2S2/c1-9-4-6-12(7-5-9)16-22-19(24-23-16)27-8-13-20-17(26)14-10(2)15(11(3)25)28-18(14)21-13/h4-7H,8H2,1-3H3,(H,20,21,26)(H,22,23,24). The molecule has 0 atom stereocenters. The number of H-pyrrole nitrogens is 2. The van der Waals surface area contributed by atoms with Crippen LogP contribution in [0.15, 0.2) is 34.2 Å². The predicted molar refractivity (Wildman–Crippen MR) is 111 cm³/mol. The summed E-state index contributed by atoms with van der Waals surface area (Å²) in [6.07, 6.45) is 0. The fraction of sp³-hybridized carbons (Fsp3) is 0.211. The highest BCUT2D eigenvalue weighted by molar-refractivity contribution is 7.98. The molecule has 0 amide bonds. The number of nitrogens with one attached hydrogen (secondary N) is 2. The maximum atomic E-state index is 12.4. The Morgan fingerprint density at radius 1 is 1.18 bits per heavy atom.